The van der Waals surface area contributed by atoms with Crippen LogP contribution in [-0.2, 0) is 4.79 Å². The van der Waals surface area contributed by atoms with E-state index in [9.17, 15) is 9.59 Å². The quantitative estimate of drug-likeness (QED) is 0.762. The van der Waals surface area contributed by atoms with E-state index in [0.29, 0.717) is 31.5 Å². The fraction of sp³-hybridized carbons (Fsp3) is 0.800. The summed E-state index contributed by atoms with van der Waals surface area (Å²) in [6.07, 6.45) is 10.1. The van der Waals surface area contributed by atoms with Crippen LogP contribution in [0.5, 0.6) is 0 Å². The molecule has 2 heterocycles. The SMILES string of the molecule is C=CCNC(=O)N1CCN(C(C(=O)N2CCCCC2)C2CCCC2)CC1. The van der Waals surface area contributed by atoms with Crippen molar-refractivity contribution in [2.75, 3.05) is 45.8 Å². The summed E-state index contributed by atoms with van der Waals surface area (Å²) in [5.74, 6) is 0.840. The average Bonchev–Trinajstić information content (AvgIpc) is 3.21. The minimum Gasteiger partial charge on any atom is -0.341 e. The van der Waals surface area contributed by atoms with Crippen molar-refractivity contribution in [3.8, 4) is 0 Å². The number of rotatable bonds is 5. The molecule has 3 amide bonds. The van der Waals surface area contributed by atoms with Gasteiger partial charge >= 0.3 is 6.03 Å². The number of carbonyl (C=O) groups is 2. The van der Waals surface area contributed by atoms with Gasteiger partial charge in [0.05, 0.1) is 6.04 Å². The molecule has 3 fully saturated rings. The third-order valence-electron chi connectivity index (χ3n) is 6.16. The van der Waals surface area contributed by atoms with E-state index in [0.717, 1.165) is 39.0 Å². The molecule has 6 heteroatoms. The zero-order valence-electron chi connectivity index (χ0n) is 16.0. The van der Waals surface area contributed by atoms with Crippen LogP contribution >= 0.6 is 0 Å². The maximum atomic E-state index is 13.3. The molecular formula is C20H34N4O2. The van der Waals surface area contributed by atoms with Crippen molar-refractivity contribution in [1.29, 1.82) is 0 Å². The number of likely N-dealkylation sites (tertiary alicyclic amines) is 1. The summed E-state index contributed by atoms with van der Waals surface area (Å²) >= 11 is 0. The molecule has 6 nitrogen and oxygen atoms in total. The Kier molecular flexibility index (Phi) is 6.94. The smallest absolute Gasteiger partial charge is 0.317 e. The number of carbonyl (C=O) groups excluding carboxylic acids is 2. The number of hydrogen-bond acceptors (Lipinski definition) is 3. The minimum atomic E-state index is -0.0238. The van der Waals surface area contributed by atoms with Crippen LogP contribution in [0.3, 0.4) is 0 Å². The predicted molar refractivity (Wildman–Crippen MR) is 103 cm³/mol. The Bertz CT molecular complexity index is 490. The van der Waals surface area contributed by atoms with Gasteiger partial charge in [0.2, 0.25) is 5.91 Å². The molecule has 3 rings (SSSR count). The molecule has 3 aliphatic rings. The zero-order valence-corrected chi connectivity index (χ0v) is 16.0. The summed E-state index contributed by atoms with van der Waals surface area (Å²) in [7, 11) is 0. The number of nitrogens with zero attached hydrogens (tertiary/aromatic N) is 3. The number of urea groups is 1. The van der Waals surface area contributed by atoms with Gasteiger partial charge in [0.15, 0.2) is 0 Å². The highest BCUT2D eigenvalue weighted by atomic mass is 16.2. The summed E-state index contributed by atoms with van der Waals surface area (Å²) in [5.41, 5.74) is 0. The van der Waals surface area contributed by atoms with Gasteiger partial charge in [0.25, 0.3) is 0 Å². The highest BCUT2D eigenvalue weighted by Gasteiger charge is 2.39. The van der Waals surface area contributed by atoms with Crippen LogP contribution in [0.1, 0.15) is 44.9 Å². The molecule has 1 unspecified atom stereocenters. The van der Waals surface area contributed by atoms with Gasteiger partial charge in [-0.3, -0.25) is 9.69 Å². The summed E-state index contributed by atoms with van der Waals surface area (Å²) in [6, 6.07) is -0.00157. The maximum Gasteiger partial charge on any atom is 0.317 e. The van der Waals surface area contributed by atoms with Gasteiger partial charge in [-0.2, -0.15) is 0 Å². The van der Waals surface area contributed by atoms with E-state index in [1.54, 1.807) is 6.08 Å². The van der Waals surface area contributed by atoms with E-state index in [1.807, 2.05) is 4.90 Å². The molecule has 26 heavy (non-hydrogen) atoms. The van der Waals surface area contributed by atoms with Gasteiger partial charge in [-0.15, -0.1) is 6.58 Å². The summed E-state index contributed by atoms with van der Waals surface area (Å²) in [4.78, 5) is 31.8. The summed E-state index contributed by atoms with van der Waals surface area (Å²) in [6.45, 7) is 8.96. The second-order valence-electron chi connectivity index (χ2n) is 7.87. The Morgan fingerprint density at radius 3 is 2.19 bits per heavy atom. The molecule has 2 saturated heterocycles. The topological polar surface area (TPSA) is 55.9 Å². The fourth-order valence-corrected chi connectivity index (χ4v) is 4.70. The average molecular weight is 363 g/mol. The van der Waals surface area contributed by atoms with Crippen molar-refractivity contribution < 1.29 is 9.59 Å². The lowest BCUT2D eigenvalue weighted by Gasteiger charge is -2.43. The molecule has 1 saturated carbocycles. The van der Waals surface area contributed by atoms with Crippen LogP contribution in [-0.4, -0.2) is 78.5 Å². The van der Waals surface area contributed by atoms with Gasteiger partial charge in [0.1, 0.15) is 0 Å². The maximum absolute atomic E-state index is 13.3. The molecule has 0 aromatic heterocycles. The second-order valence-corrected chi connectivity index (χ2v) is 7.87. The molecular weight excluding hydrogens is 328 g/mol. The van der Waals surface area contributed by atoms with E-state index >= 15 is 0 Å². The lowest BCUT2D eigenvalue weighted by Crippen LogP contribution is -2.59. The number of piperazine rings is 1. The molecule has 146 valence electrons. The third-order valence-corrected chi connectivity index (χ3v) is 6.16. The molecule has 1 N–H and O–H groups in total. The molecule has 1 atom stereocenters. The Morgan fingerprint density at radius 1 is 0.923 bits per heavy atom. The largest absolute Gasteiger partial charge is 0.341 e. The highest BCUT2D eigenvalue weighted by molar-refractivity contribution is 5.82. The number of nitrogens with one attached hydrogen (secondary N) is 1. The van der Waals surface area contributed by atoms with Gasteiger partial charge in [-0.25, -0.2) is 4.79 Å². The third kappa shape index (κ3) is 4.58. The van der Waals surface area contributed by atoms with Crippen molar-refractivity contribution in [3.63, 3.8) is 0 Å². The summed E-state index contributed by atoms with van der Waals surface area (Å²) < 4.78 is 0. The standard InChI is InChI=1S/C20H34N4O2/c1-2-10-21-20(26)24-15-13-22(14-16-24)18(17-8-4-5-9-17)19(25)23-11-6-3-7-12-23/h2,17-18H,1,3-16H2,(H,21,26). The Labute approximate surface area is 157 Å². The highest BCUT2D eigenvalue weighted by Crippen LogP contribution is 2.32. The molecule has 0 aromatic carbocycles. The fourth-order valence-electron chi connectivity index (χ4n) is 4.70. The number of hydrogen-bond donors (Lipinski definition) is 1. The zero-order chi connectivity index (χ0) is 18.4. The lowest BCUT2D eigenvalue weighted by atomic mass is 9.93. The first-order chi connectivity index (χ1) is 12.7. The van der Waals surface area contributed by atoms with Gasteiger partial charge in [-0.05, 0) is 38.0 Å². The molecule has 2 aliphatic heterocycles. The Balaban J connectivity index is 1.61. The Hall–Kier alpha value is -1.56. The first kappa shape index (κ1) is 19.2. The van der Waals surface area contributed by atoms with Crippen LogP contribution in [0.4, 0.5) is 4.79 Å². The van der Waals surface area contributed by atoms with Crippen LogP contribution in [0.25, 0.3) is 0 Å². The lowest BCUT2D eigenvalue weighted by molar-refractivity contribution is -0.140. The monoisotopic (exact) mass is 362 g/mol. The summed E-state index contributed by atoms with van der Waals surface area (Å²) in [5, 5.41) is 2.85. The van der Waals surface area contributed by atoms with Crippen LogP contribution in [0, 0.1) is 5.92 Å². The Morgan fingerprint density at radius 2 is 1.58 bits per heavy atom. The van der Waals surface area contributed by atoms with Crippen molar-refractivity contribution in [2.45, 2.75) is 51.0 Å². The molecule has 0 bridgehead atoms. The van der Waals surface area contributed by atoms with Crippen LogP contribution < -0.4 is 5.32 Å². The predicted octanol–water partition coefficient (Wildman–Crippen LogP) is 2.07. The second kappa shape index (κ2) is 9.40. The van der Waals surface area contributed by atoms with E-state index in [-0.39, 0.29) is 12.1 Å². The van der Waals surface area contributed by atoms with Crippen LogP contribution in [0.15, 0.2) is 12.7 Å². The van der Waals surface area contributed by atoms with E-state index in [2.05, 4.69) is 21.7 Å². The van der Waals surface area contributed by atoms with Crippen molar-refractivity contribution in [1.82, 2.24) is 20.0 Å². The van der Waals surface area contributed by atoms with E-state index < -0.39 is 0 Å². The van der Waals surface area contributed by atoms with Gasteiger partial charge < -0.3 is 15.1 Å². The van der Waals surface area contributed by atoms with Crippen molar-refractivity contribution in [2.24, 2.45) is 5.92 Å². The number of amides is 3. The van der Waals surface area contributed by atoms with Gasteiger partial charge in [0, 0.05) is 45.8 Å². The first-order valence-electron chi connectivity index (χ1n) is 10.4. The van der Waals surface area contributed by atoms with E-state index in [4.69, 9.17) is 0 Å². The van der Waals surface area contributed by atoms with Crippen molar-refractivity contribution >= 4 is 11.9 Å². The molecule has 0 radical (unpaired) electrons. The molecule has 0 spiro atoms. The molecule has 0 aromatic rings. The number of piperidine rings is 1. The van der Waals surface area contributed by atoms with Crippen LogP contribution in [0.2, 0.25) is 0 Å². The normalized spacial score (nSPS) is 23.7. The van der Waals surface area contributed by atoms with Gasteiger partial charge in [-0.1, -0.05) is 18.9 Å². The van der Waals surface area contributed by atoms with Crippen molar-refractivity contribution in [3.05, 3.63) is 12.7 Å². The minimum absolute atomic E-state index is 0.0222. The molecule has 1 aliphatic carbocycles. The first-order valence-corrected chi connectivity index (χ1v) is 10.4. The van der Waals surface area contributed by atoms with E-state index in [1.165, 1.54) is 32.1 Å².